The van der Waals surface area contributed by atoms with E-state index in [1.165, 1.54) is 0 Å². The molecular weight excluding hydrogens is 611 g/mol. The number of anilines is 2. The molecule has 12 heteroatoms. The Morgan fingerprint density at radius 3 is 2.80 bits per heavy atom. The summed E-state index contributed by atoms with van der Waals surface area (Å²) in [4.78, 5) is 10.0. The van der Waals surface area contributed by atoms with Crippen LogP contribution in [0, 0.1) is 9.39 Å². The van der Waals surface area contributed by atoms with Gasteiger partial charge in [0.25, 0.3) is 0 Å². The zero-order valence-corrected chi connectivity index (χ0v) is 22.3. The second-order valence-corrected chi connectivity index (χ2v) is 9.40. The van der Waals surface area contributed by atoms with Gasteiger partial charge < -0.3 is 19.1 Å². The lowest BCUT2D eigenvalue weighted by Crippen LogP contribution is -2.37. The van der Waals surface area contributed by atoms with E-state index in [4.69, 9.17) is 37.4 Å². The molecule has 1 aliphatic rings. The number of methoxy groups -OCH3 is 1. The smallest absolute Gasteiger partial charge is 0.245 e. The van der Waals surface area contributed by atoms with Crippen molar-refractivity contribution in [2.45, 2.75) is 6.61 Å². The lowest BCUT2D eigenvalue weighted by molar-refractivity contribution is 0.122. The van der Waals surface area contributed by atoms with Gasteiger partial charge in [-0.1, -0.05) is 29.3 Å². The summed E-state index contributed by atoms with van der Waals surface area (Å²) < 4.78 is 31.8. The molecule has 2 aromatic carbocycles. The predicted octanol–water partition coefficient (Wildman–Crippen LogP) is 5.40. The molecule has 1 fully saturated rings. The monoisotopic (exact) mass is 631 g/mol. The fourth-order valence-corrected chi connectivity index (χ4v) is 4.56. The van der Waals surface area contributed by atoms with Crippen molar-refractivity contribution < 1.29 is 18.6 Å². The minimum atomic E-state index is -0.490. The van der Waals surface area contributed by atoms with Crippen LogP contribution in [0.2, 0.25) is 10.0 Å². The van der Waals surface area contributed by atoms with Gasteiger partial charge >= 0.3 is 0 Å². The van der Waals surface area contributed by atoms with Gasteiger partial charge in [0.05, 0.1) is 36.3 Å². The van der Waals surface area contributed by atoms with Gasteiger partial charge in [-0.3, -0.25) is 0 Å². The predicted molar refractivity (Wildman–Crippen MR) is 143 cm³/mol. The van der Waals surface area contributed by atoms with Crippen molar-refractivity contribution >= 4 is 63.8 Å². The number of morpholine rings is 1. The molecule has 0 saturated carbocycles. The fourth-order valence-electron chi connectivity index (χ4n) is 3.32. The van der Waals surface area contributed by atoms with Crippen molar-refractivity contribution in [3.63, 3.8) is 0 Å². The normalized spacial score (nSPS) is 13.8. The van der Waals surface area contributed by atoms with Crippen LogP contribution in [0.5, 0.6) is 11.5 Å². The number of nitrogens with zero attached hydrogens (tertiary/aromatic N) is 4. The Morgan fingerprint density at radius 1 is 1.26 bits per heavy atom. The maximum Gasteiger partial charge on any atom is 0.245 e. The van der Waals surface area contributed by atoms with E-state index < -0.39 is 5.82 Å². The number of hydrogen-bond donors (Lipinski definition) is 1. The van der Waals surface area contributed by atoms with Crippen LogP contribution in [-0.2, 0) is 11.3 Å². The molecule has 184 valence electrons. The first-order valence-corrected chi connectivity index (χ1v) is 12.4. The van der Waals surface area contributed by atoms with Crippen LogP contribution in [0.4, 0.5) is 16.2 Å². The zero-order valence-electron chi connectivity index (χ0n) is 18.6. The Bertz CT molecular complexity index is 1230. The molecule has 0 radical (unpaired) electrons. The van der Waals surface area contributed by atoms with Gasteiger partial charge in [-0.15, -0.1) is 0 Å². The number of hydrogen-bond acceptors (Lipinski definition) is 8. The standard InChI is InChI=1S/C23H21Cl2FIN5O3/c1-33-20-9-14(8-19(27)21(20)35-13-15-2-3-16(24)10-17(15)25)11-29-31-23-28-12-18(26)22(30-23)32-4-6-34-7-5-32/h2-3,8-12H,4-7,13H2,1H3,(H,28,30,31)/b29-11+. The number of halogens is 4. The van der Waals surface area contributed by atoms with Crippen LogP contribution in [0.1, 0.15) is 11.1 Å². The van der Waals surface area contributed by atoms with Crippen molar-refractivity contribution in [2.24, 2.45) is 5.10 Å². The van der Waals surface area contributed by atoms with Gasteiger partial charge in [0, 0.05) is 28.7 Å². The summed E-state index contributed by atoms with van der Waals surface area (Å²) in [6.07, 6.45) is 2.71. The average Bonchev–Trinajstić information content (AvgIpc) is 2.85. The first-order chi connectivity index (χ1) is 16.9. The molecule has 0 aliphatic carbocycles. The van der Waals surface area contributed by atoms with Gasteiger partial charge in [0.2, 0.25) is 5.95 Å². The molecule has 0 atom stereocenters. The van der Waals surface area contributed by atoms with Crippen LogP contribution in [0.3, 0.4) is 0 Å². The summed E-state index contributed by atoms with van der Waals surface area (Å²) in [5.74, 6) is 1.04. The van der Waals surface area contributed by atoms with E-state index in [1.54, 1.807) is 31.5 Å². The number of nitrogens with one attached hydrogen (secondary N) is 1. The molecule has 2 heterocycles. The first kappa shape index (κ1) is 25.7. The highest BCUT2D eigenvalue weighted by Gasteiger charge is 2.18. The van der Waals surface area contributed by atoms with E-state index in [2.05, 4.69) is 43.1 Å². The molecule has 3 aromatic rings. The lowest BCUT2D eigenvalue weighted by atomic mass is 10.2. The molecular formula is C23H21Cl2FIN5O3. The zero-order chi connectivity index (χ0) is 24.8. The molecule has 0 amide bonds. The van der Waals surface area contributed by atoms with E-state index in [9.17, 15) is 4.39 Å². The number of ether oxygens (including phenoxy) is 3. The summed E-state index contributed by atoms with van der Waals surface area (Å²) in [6, 6.07) is 8.92. The number of benzene rings is 2. The van der Waals surface area contributed by atoms with Gasteiger partial charge in [-0.25, -0.2) is 14.8 Å². The van der Waals surface area contributed by atoms with Gasteiger partial charge in [-0.05, 0) is 52.4 Å². The Kier molecular flexibility index (Phi) is 8.82. The van der Waals surface area contributed by atoms with Crippen molar-refractivity contribution in [2.75, 3.05) is 43.7 Å². The number of hydrazone groups is 1. The molecule has 4 rings (SSSR count). The molecule has 0 spiro atoms. The lowest BCUT2D eigenvalue weighted by Gasteiger charge is -2.27. The van der Waals surface area contributed by atoms with Crippen LogP contribution in [0.25, 0.3) is 0 Å². The molecule has 35 heavy (non-hydrogen) atoms. The fraction of sp³-hybridized carbons (Fsp3) is 0.261. The second-order valence-electron chi connectivity index (χ2n) is 7.39. The van der Waals surface area contributed by atoms with Crippen molar-refractivity contribution in [3.8, 4) is 11.5 Å². The number of rotatable bonds is 8. The maximum atomic E-state index is 14.2. The molecule has 1 N–H and O–H groups in total. The van der Waals surface area contributed by atoms with E-state index in [0.29, 0.717) is 47.8 Å². The third-order valence-electron chi connectivity index (χ3n) is 5.05. The van der Waals surface area contributed by atoms with Crippen molar-refractivity contribution in [3.05, 3.63) is 67.1 Å². The molecule has 8 nitrogen and oxygen atoms in total. The second kappa shape index (κ2) is 12.0. The van der Waals surface area contributed by atoms with Crippen LogP contribution in [-0.4, -0.2) is 49.6 Å². The van der Waals surface area contributed by atoms with Crippen LogP contribution >= 0.6 is 45.8 Å². The topological polar surface area (TPSA) is 81.1 Å². The summed E-state index contributed by atoms with van der Waals surface area (Å²) in [5.41, 5.74) is 4.31. The summed E-state index contributed by atoms with van der Waals surface area (Å²) in [6.45, 7) is 2.43. The number of aromatic nitrogens is 2. The third kappa shape index (κ3) is 6.63. The minimum absolute atomic E-state index is 0.186. The Labute approximate surface area is 225 Å². The summed E-state index contributed by atoms with van der Waals surface area (Å²) >= 11 is 14.4. The molecule has 0 unspecified atom stereocenters. The van der Waals surface area contributed by atoms with Crippen LogP contribution < -0.4 is 19.8 Å². The van der Waals surface area contributed by atoms with Crippen molar-refractivity contribution in [1.82, 2.24) is 9.97 Å². The maximum absolute atomic E-state index is 14.2. The van der Waals surface area contributed by atoms with E-state index in [1.807, 2.05) is 17.0 Å². The third-order valence-corrected chi connectivity index (χ3v) is 6.44. The minimum Gasteiger partial charge on any atom is -0.493 e. The highest BCUT2D eigenvalue weighted by atomic mass is 127. The molecule has 1 aromatic heterocycles. The Morgan fingerprint density at radius 2 is 2.06 bits per heavy atom. The van der Waals surface area contributed by atoms with E-state index in [-0.39, 0.29) is 18.4 Å². The highest BCUT2D eigenvalue weighted by Crippen LogP contribution is 2.35. The average molecular weight is 632 g/mol. The first-order valence-electron chi connectivity index (χ1n) is 10.5. The molecule has 0 bridgehead atoms. The molecule has 1 saturated heterocycles. The van der Waals surface area contributed by atoms with Gasteiger partial charge in [-0.2, -0.15) is 10.1 Å². The Balaban J connectivity index is 1.45. The summed E-state index contributed by atoms with van der Waals surface area (Å²) in [5, 5.41) is 5.28. The van der Waals surface area contributed by atoms with Gasteiger partial charge in [0.1, 0.15) is 6.61 Å². The highest BCUT2D eigenvalue weighted by molar-refractivity contribution is 14.1. The molecule has 1 aliphatic heterocycles. The quantitative estimate of drug-likeness (QED) is 0.203. The van der Waals surface area contributed by atoms with E-state index >= 15 is 0 Å². The largest absolute Gasteiger partial charge is 0.493 e. The Hall–Kier alpha value is -2.41. The summed E-state index contributed by atoms with van der Waals surface area (Å²) in [7, 11) is 1.56. The SMILES string of the molecule is COc1cc(/C=N/Nc2ncc(F)c(N3CCOCC3)n2)cc(I)c1OCc1ccc(Cl)cc1Cl. The van der Waals surface area contributed by atoms with Gasteiger partial charge in [0.15, 0.2) is 23.1 Å². The van der Waals surface area contributed by atoms with Crippen LogP contribution in [0.15, 0.2) is 41.6 Å². The van der Waals surface area contributed by atoms with E-state index in [0.717, 1.165) is 20.9 Å². The van der Waals surface area contributed by atoms with Crippen molar-refractivity contribution in [1.29, 1.82) is 0 Å².